The van der Waals surface area contributed by atoms with Crippen molar-refractivity contribution < 1.29 is 37.8 Å². The number of benzene rings is 2. The number of aliphatic hydroxyl groups is 2. The first-order valence-corrected chi connectivity index (χ1v) is 15.9. The van der Waals surface area contributed by atoms with E-state index in [2.05, 4.69) is 31.1 Å². The van der Waals surface area contributed by atoms with Gasteiger partial charge in [-0.1, -0.05) is 39.0 Å². The van der Waals surface area contributed by atoms with Crippen LogP contribution in [0.3, 0.4) is 0 Å². The van der Waals surface area contributed by atoms with E-state index in [1.807, 2.05) is 0 Å². The summed E-state index contributed by atoms with van der Waals surface area (Å²) in [4.78, 5) is 24.6. The number of rotatable bonds is 8. The molecule has 2 heterocycles. The van der Waals surface area contributed by atoms with E-state index >= 15 is 0 Å². The predicted octanol–water partition coefficient (Wildman–Crippen LogP) is 4.93. The Kier molecular flexibility index (Phi) is 8.40. The van der Waals surface area contributed by atoms with Crippen LogP contribution in [-0.2, 0) is 29.4 Å². The van der Waals surface area contributed by atoms with Gasteiger partial charge in [-0.05, 0) is 55.1 Å². The topological polar surface area (TPSA) is 109 Å². The van der Waals surface area contributed by atoms with E-state index in [1.54, 1.807) is 32.2 Å². The Hall–Kier alpha value is -3.19. The SMILES string of the molecule is COc1c(CN2O[C@@H](CO)[C@H]([C@H](C)O)[C@H]2C(=O)N[C@H]2C[C@H]3C[C@H]([C@@H]2C)C3(C)C)cccc1-c1cc(C(F)(F)F)cc2c1ncn2C. The van der Waals surface area contributed by atoms with E-state index < -0.39 is 42.5 Å². The summed E-state index contributed by atoms with van der Waals surface area (Å²) >= 11 is 0. The van der Waals surface area contributed by atoms with Crippen molar-refractivity contribution in [1.82, 2.24) is 19.9 Å². The van der Waals surface area contributed by atoms with Crippen molar-refractivity contribution in [2.45, 2.75) is 77.5 Å². The number of hydrogen-bond acceptors (Lipinski definition) is 7. The number of imidazole rings is 1. The molecule has 3 N–H and O–H groups in total. The van der Waals surface area contributed by atoms with Crippen LogP contribution in [0.2, 0.25) is 0 Å². The second-order valence-corrected chi connectivity index (χ2v) is 14.0. The van der Waals surface area contributed by atoms with E-state index in [9.17, 15) is 28.2 Å². The van der Waals surface area contributed by atoms with Crippen LogP contribution in [0.5, 0.6) is 5.75 Å². The molecule has 1 saturated heterocycles. The van der Waals surface area contributed by atoms with E-state index in [-0.39, 0.29) is 35.4 Å². The second-order valence-electron chi connectivity index (χ2n) is 14.0. The zero-order valence-electron chi connectivity index (χ0n) is 27.0. The molecular weight excluding hydrogens is 601 g/mol. The molecule has 8 atom stereocenters. The fraction of sp³-hybridized carbons (Fsp3) is 0.588. The van der Waals surface area contributed by atoms with Crippen molar-refractivity contribution in [3.05, 3.63) is 47.8 Å². The Bertz CT molecular complexity index is 1620. The number of carbonyl (C=O) groups excluding carboxylic acids is 1. The number of methoxy groups -OCH3 is 1. The Morgan fingerprint density at radius 2 is 1.98 bits per heavy atom. The third kappa shape index (κ3) is 5.36. The molecule has 12 heteroatoms. The Labute approximate surface area is 266 Å². The maximum Gasteiger partial charge on any atom is 0.416 e. The predicted molar refractivity (Wildman–Crippen MR) is 165 cm³/mol. The highest BCUT2D eigenvalue weighted by molar-refractivity contribution is 5.95. The summed E-state index contributed by atoms with van der Waals surface area (Å²) in [5.74, 6) is 0.619. The fourth-order valence-electron chi connectivity index (χ4n) is 8.41. The van der Waals surface area contributed by atoms with E-state index in [4.69, 9.17) is 9.57 Å². The van der Waals surface area contributed by atoms with Crippen molar-refractivity contribution in [1.29, 1.82) is 0 Å². The van der Waals surface area contributed by atoms with Crippen molar-refractivity contribution in [2.75, 3.05) is 13.7 Å². The van der Waals surface area contributed by atoms with Gasteiger partial charge in [-0.2, -0.15) is 18.2 Å². The van der Waals surface area contributed by atoms with Crippen LogP contribution in [0.25, 0.3) is 22.2 Å². The molecule has 3 aromatic rings. The molecule has 4 fully saturated rings. The van der Waals surface area contributed by atoms with Gasteiger partial charge in [0.05, 0.1) is 49.3 Å². The number of aryl methyl sites for hydroxylation is 1. The van der Waals surface area contributed by atoms with E-state index in [1.165, 1.54) is 23.1 Å². The highest BCUT2D eigenvalue weighted by Gasteiger charge is 2.57. The van der Waals surface area contributed by atoms with Gasteiger partial charge in [-0.3, -0.25) is 9.63 Å². The van der Waals surface area contributed by atoms with Gasteiger partial charge in [-0.15, -0.1) is 0 Å². The van der Waals surface area contributed by atoms with Crippen LogP contribution in [-0.4, -0.2) is 68.7 Å². The molecule has 4 aliphatic rings. The second kappa shape index (κ2) is 11.8. The highest BCUT2D eigenvalue weighted by Crippen LogP contribution is 2.61. The zero-order chi connectivity index (χ0) is 33.3. The largest absolute Gasteiger partial charge is 0.496 e. The lowest BCUT2D eigenvalue weighted by Crippen LogP contribution is -2.62. The zero-order valence-corrected chi connectivity index (χ0v) is 27.0. The fourth-order valence-corrected chi connectivity index (χ4v) is 8.41. The summed E-state index contributed by atoms with van der Waals surface area (Å²) in [5.41, 5.74) is 1.35. The lowest BCUT2D eigenvalue weighted by atomic mass is 9.45. The molecule has 250 valence electrons. The molecule has 0 spiro atoms. The molecule has 1 amide bonds. The van der Waals surface area contributed by atoms with Gasteiger partial charge in [0.15, 0.2) is 0 Å². The Morgan fingerprint density at radius 1 is 1.24 bits per heavy atom. The number of ether oxygens (including phenoxy) is 1. The van der Waals surface area contributed by atoms with E-state index in [0.29, 0.717) is 39.7 Å². The number of amides is 1. The number of hydroxylamine groups is 2. The first-order valence-electron chi connectivity index (χ1n) is 15.9. The van der Waals surface area contributed by atoms with Crippen LogP contribution in [0.4, 0.5) is 13.2 Å². The Morgan fingerprint density at radius 3 is 2.59 bits per heavy atom. The third-order valence-electron chi connectivity index (χ3n) is 11.1. The molecule has 3 aliphatic carbocycles. The quantitative estimate of drug-likeness (QED) is 0.319. The molecule has 0 unspecified atom stereocenters. The maximum absolute atomic E-state index is 14.1. The smallest absolute Gasteiger partial charge is 0.416 e. The lowest BCUT2D eigenvalue weighted by Gasteiger charge is -2.62. The molecule has 2 bridgehead atoms. The minimum absolute atomic E-state index is 0.0116. The van der Waals surface area contributed by atoms with Crippen molar-refractivity contribution in [2.24, 2.45) is 36.1 Å². The van der Waals surface area contributed by atoms with Crippen LogP contribution >= 0.6 is 0 Å². The molecular formula is C34H43F3N4O5. The third-order valence-corrected chi connectivity index (χ3v) is 11.1. The van der Waals surface area contributed by atoms with Gasteiger partial charge < -0.3 is 24.8 Å². The number of halogens is 3. The van der Waals surface area contributed by atoms with Gasteiger partial charge >= 0.3 is 6.18 Å². The number of aromatic nitrogens is 2. The molecule has 0 radical (unpaired) electrons. The number of carbonyl (C=O) groups is 1. The van der Waals surface area contributed by atoms with Crippen LogP contribution in [0, 0.1) is 29.1 Å². The summed E-state index contributed by atoms with van der Waals surface area (Å²) in [6.45, 7) is 7.95. The number of aliphatic hydroxyl groups excluding tert-OH is 2. The first-order chi connectivity index (χ1) is 21.7. The molecule has 1 aliphatic heterocycles. The number of nitrogens with zero attached hydrogens (tertiary/aromatic N) is 3. The van der Waals surface area contributed by atoms with Gasteiger partial charge in [0.2, 0.25) is 5.91 Å². The number of alkyl halides is 3. The molecule has 3 saturated carbocycles. The number of hydrogen-bond donors (Lipinski definition) is 3. The van der Waals surface area contributed by atoms with Crippen LogP contribution < -0.4 is 10.1 Å². The standard InChI is InChI=1S/C34H43F3N4O5/c1-17-24-11-20(33(24,3)4)12-25(17)39-32(44)30-28(18(2)43)27(15-42)46-41(30)14-19-8-7-9-22(31(19)45-6)23-10-21(34(35,36)37)13-26-29(23)38-16-40(26)5/h7-10,13,16-18,20,24-25,27-28,30,42-43H,11-12,14-15H2,1-6H3,(H,39,44)/t17-,18-,20+,24+,25-,27-,28-,30-/m0/s1. The number of para-hydroxylation sites is 1. The minimum atomic E-state index is -4.58. The Balaban J connectivity index is 1.35. The molecule has 9 nitrogen and oxygen atoms in total. The molecule has 46 heavy (non-hydrogen) atoms. The van der Waals surface area contributed by atoms with Crippen molar-refractivity contribution in [3.63, 3.8) is 0 Å². The minimum Gasteiger partial charge on any atom is -0.496 e. The van der Waals surface area contributed by atoms with Gasteiger partial charge in [0, 0.05) is 35.7 Å². The summed E-state index contributed by atoms with van der Waals surface area (Å²) in [6.07, 6.45) is -2.88. The normalized spacial score (nSPS) is 29.8. The number of nitrogens with one attached hydrogen (secondary N) is 1. The maximum atomic E-state index is 14.1. The monoisotopic (exact) mass is 644 g/mol. The molecule has 1 aromatic heterocycles. The highest BCUT2D eigenvalue weighted by atomic mass is 19.4. The van der Waals surface area contributed by atoms with Crippen LogP contribution in [0.1, 0.15) is 51.7 Å². The van der Waals surface area contributed by atoms with Crippen molar-refractivity contribution in [3.8, 4) is 16.9 Å². The van der Waals surface area contributed by atoms with Crippen molar-refractivity contribution >= 4 is 16.9 Å². The van der Waals surface area contributed by atoms with E-state index in [0.717, 1.165) is 25.0 Å². The molecule has 2 aromatic carbocycles. The summed E-state index contributed by atoms with van der Waals surface area (Å²) in [5, 5.41) is 25.7. The van der Waals surface area contributed by atoms with Gasteiger partial charge in [-0.25, -0.2) is 4.98 Å². The van der Waals surface area contributed by atoms with Crippen LogP contribution in [0.15, 0.2) is 36.7 Å². The summed E-state index contributed by atoms with van der Waals surface area (Å²) in [7, 11) is 3.07. The summed E-state index contributed by atoms with van der Waals surface area (Å²) < 4.78 is 49.2. The first kappa shape index (κ1) is 32.7. The lowest BCUT2D eigenvalue weighted by molar-refractivity contribution is -0.183. The van der Waals surface area contributed by atoms with Gasteiger partial charge in [0.25, 0.3) is 0 Å². The number of fused-ring (bicyclic) bond motifs is 3. The average Bonchev–Trinajstić information content (AvgIpc) is 3.57. The average molecular weight is 645 g/mol. The van der Waals surface area contributed by atoms with Gasteiger partial charge in [0.1, 0.15) is 17.9 Å². The summed E-state index contributed by atoms with van der Waals surface area (Å²) in [6, 6.07) is 6.34. The molecule has 7 rings (SSSR count).